The van der Waals surface area contributed by atoms with Crippen molar-refractivity contribution in [1.82, 2.24) is 10.5 Å². The molecule has 172 valence electrons. The fourth-order valence-electron chi connectivity index (χ4n) is 3.61. The molecule has 2 heterocycles. The summed E-state index contributed by atoms with van der Waals surface area (Å²) in [5.74, 6) is 3.72. The van der Waals surface area contributed by atoms with Crippen LogP contribution in [0.2, 0.25) is 19.6 Å². The topological polar surface area (TPSA) is 73.6 Å². The summed E-state index contributed by atoms with van der Waals surface area (Å²) >= 11 is 0. The minimum absolute atomic E-state index is 0.194. The Bertz CT molecular complexity index is 1180. The Hall–Kier alpha value is -2.92. The van der Waals surface area contributed by atoms with Gasteiger partial charge >= 0.3 is 0 Å². The number of carbonyl (C=O) groups excluding carboxylic acids is 1. The Morgan fingerprint density at radius 3 is 2.76 bits per heavy atom. The number of amides is 1. The van der Waals surface area contributed by atoms with Crippen LogP contribution in [-0.2, 0) is 22.7 Å². The number of hydrogen-bond acceptors (Lipinski definition) is 5. The standard InChI is InChI=1S/C26H30N2O4Si/c1-33(2,3)13-11-23-24(32-28-25(23)26(29)27-15-20-10-12-30-17-20)18-31-16-19-8-9-21-6-4-5-7-22(21)14-19/h4-9,14,20H,10,12,15-18H2,1-3H3,(H,27,29). The molecule has 4 rings (SSSR count). The first kappa shape index (κ1) is 23.2. The van der Waals surface area contributed by atoms with Crippen LogP contribution < -0.4 is 5.32 Å². The van der Waals surface area contributed by atoms with Gasteiger partial charge in [-0.1, -0.05) is 67.1 Å². The number of ether oxygens (including phenoxy) is 2. The zero-order valence-corrected chi connectivity index (χ0v) is 20.4. The predicted octanol–water partition coefficient (Wildman–Crippen LogP) is 4.54. The molecule has 1 fully saturated rings. The Kier molecular flexibility index (Phi) is 7.28. The molecule has 0 aliphatic carbocycles. The van der Waals surface area contributed by atoms with Crippen molar-refractivity contribution >= 4 is 24.8 Å². The zero-order chi connectivity index (χ0) is 23.3. The molecule has 1 aliphatic rings. The Labute approximate surface area is 195 Å². The van der Waals surface area contributed by atoms with Crippen LogP contribution in [-0.4, -0.2) is 38.9 Å². The quantitative estimate of drug-likeness (QED) is 0.412. The highest BCUT2D eigenvalue weighted by Gasteiger charge is 2.23. The zero-order valence-electron chi connectivity index (χ0n) is 19.4. The van der Waals surface area contributed by atoms with E-state index in [1.807, 2.05) is 12.1 Å². The van der Waals surface area contributed by atoms with Crippen LogP contribution >= 0.6 is 0 Å². The van der Waals surface area contributed by atoms with Crippen molar-refractivity contribution in [2.45, 2.75) is 39.3 Å². The van der Waals surface area contributed by atoms with Gasteiger partial charge in [0.25, 0.3) is 5.91 Å². The average molecular weight is 463 g/mol. The van der Waals surface area contributed by atoms with Crippen molar-refractivity contribution in [1.29, 1.82) is 0 Å². The third-order valence-corrected chi connectivity index (χ3v) is 6.31. The van der Waals surface area contributed by atoms with E-state index in [-0.39, 0.29) is 18.2 Å². The first-order valence-corrected chi connectivity index (χ1v) is 14.8. The van der Waals surface area contributed by atoms with Gasteiger partial charge in [0.15, 0.2) is 11.5 Å². The molecule has 3 aromatic rings. The summed E-state index contributed by atoms with van der Waals surface area (Å²) in [6, 6.07) is 14.5. The monoisotopic (exact) mass is 462 g/mol. The lowest BCUT2D eigenvalue weighted by Gasteiger charge is -2.08. The summed E-state index contributed by atoms with van der Waals surface area (Å²) in [7, 11) is -1.66. The predicted molar refractivity (Wildman–Crippen MR) is 130 cm³/mol. The van der Waals surface area contributed by atoms with E-state index in [0.717, 1.165) is 18.6 Å². The van der Waals surface area contributed by atoms with Crippen LogP contribution in [0.25, 0.3) is 10.8 Å². The summed E-state index contributed by atoms with van der Waals surface area (Å²) in [6.07, 6.45) is 0.954. The summed E-state index contributed by atoms with van der Waals surface area (Å²) in [5.41, 5.74) is 5.14. The van der Waals surface area contributed by atoms with Crippen LogP contribution in [0.15, 0.2) is 47.0 Å². The van der Waals surface area contributed by atoms with Gasteiger partial charge in [0, 0.05) is 19.1 Å². The highest BCUT2D eigenvalue weighted by Crippen LogP contribution is 2.19. The number of nitrogens with one attached hydrogen (secondary N) is 1. The summed E-state index contributed by atoms with van der Waals surface area (Å²) in [6.45, 7) is 9.07. The Morgan fingerprint density at radius 1 is 1.18 bits per heavy atom. The number of hydrogen-bond donors (Lipinski definition) is 1. The van der Waals surface area contributed by atoms with E-state index in [1.165, 1.54) is 10.8 Å². The molecule has 1 amide bonds. The average Bonchev–Trinajstić information content (AvgIpc) is 3.45. The van der Waals surface area contributed by atoms with Gasteiger partial charge < -0.3 is 19.3 Å². The Morgan fingerprint density at radius 2 is 2.00 bits per heavy atom. The van der Waals surface area contributed by atoms with E-state index < -0.39 is 8.07 Å². The third-order valence-electron chi connectivity index (χ3n) is 5.43. The first-order chi connectivity index (χ1) is 15.9. The van der Waals surface area contributed by atoms with Crippen LogP contribution in [0.3, 0.4) is 0 Å². The van der Waals surface area contributed by atoms with Gasteiger partial charge in [0.2, 0.25) is 0 Å². The highest BCUT2D eigenvalue weighted by atomic mass is 28.3. The maximum atomic E-state index is 12.8. The number of nitrogens with zero attached hydrogens (tertiary/aromatic N) is 1. The molecular weight excluding hydrogens is 432 g/mol. The van der Waals surface area contributed by atoms with E-state index >= 15 is 0 Å². The van der Waals surface area contributed by atoms with Crippen molar-refractivity contribution in [3.05, 3.63) is 65.0 Å². The summed E-state index contributed by atoms with van der Waals surface area (Å²) in [4.78, 5) is 12.8. The summed E-state index contributed by atoms with van der Waals surface area (Å²) in [5, 5.41) is 9.36. The molecule has 1 unspecified atom stereocenters. The summed E-state index contributed by atoms with van der Waals surface area (Å²) < 4.78 is 16.8. The van der Waals surface area contributed by atoms with E-state index in [0.29, 0.717) is 37.0 Å². The largest absolute Gasteiger partial charge is 0.381 e. The molecule has 1 saturated heterocycles. The fraction of sp³-hybridized carbons (Fsp3) is 0.385. The van der Waals surface area contributed by atoms with Gasteiger partial charge in [0.1, 0.15) is 20.2 Å². The SMILES string of the molecule is C[Si](C)(C)C#Cc1c(C(=O)NCC2CCOC2)noc1COCc1ccc2ccccc2c1. The van der Waals surface area contributed by atoms with Gasteiger partial charge in [0.05, 0.1) is 13.2 Å². The molecule has 0 bridgehead atoms. The van der Waals surface area contributed by atoms with Gasteiger partial charge in [-0.25, -0.2) is 0 Å². The van der Waals surface area contributed by atoms with Crippen molar-refractivity contribution in [2.75, 3.05) is 19.8 Å². The molecule has 0 radical (unpaired) electrons. The normalized spacial score (nSPS) is 15.9. The highest BCUT2D eigenvalue weighted by molar-refractivity contribution is 6.83. The molecule has 0 spiro atoms. The molecule has 1 N–H and O–H groups in total. The lowest BCUT2D eigenvalue weighted by Crippen LogP contribution is -2.30. The van der Waals surface area contributed by atoms with Crippen LogP contribution in [0, 0.1) is 17.4 Å². The number of carbonyl (C=O) groups is 1. The second-order valence-corrected chi connectivity index (χ2v) is 14.2. The Balaban J connectivity index is 1.46. The molecule has 2 aromatic carbocycles. The molecule has 1 aromatic heterocycles. The third kappa shape index (κ3) is 6.32. The maximum Gasteiger partial charge on any atom is 0.274 e. The lowest BCUT2D eigenvalue weighted by atomic mass is 10.1. The number of fused-ring (bicyclic) bond motifs is 1. The molecule has 0 saturated carbocycles. The molecule has 1 aliphatic heterocycles. The van der Waals surface area contributed by atoms with Crippen LogP contribution in [0.4, 0.5) is 0 Å². The van der Waals surface area contributed by atoms with Crippen molar-refractivity contribution in [3.63, 3.8) is 0 Å². The molecular formula is C26H30N2O4Si. The van der Waals surface area contributed by atoms with E-state index in [1.54, 1.807) is 0 Å². The van der Waals surface area contributed by atoms with Gasteiger partial charge in [-0.15, -0.1) is 5.54 Å². The van der Waals surface area contributed by atoms with Crippen molar-refractivity contribution in [2.24, 2.45) is 5.92 Å². The smallest absolute Gasteiger partial charge is 0.274 e. The van der Waals surface area contributed by atoms with E-state index in [9.17, 15) is 4.79 Å². The van der Waals surface area contributed by atoms with Crippen LogP contribution in [0.1, 0.15) is 33.8 Å². The minimum Gasteiger partial charge on any atom is -0.381 e. The van der Waals surface area contributed by atoms with E-state index in [2.05, 4.69) is 71.9 Å². The minimum atomic E-state index is -1.66. The van der Waals surface area contributed by atoms with Gasteiger partial charge in [-0.2, -0.15) is 0 Å². The number of benzene rings is 2. The van der Waals surface area contributed by atoms with Crippen LogP contribution in [0.5, 0.6) is 0 Å². The lowest BCUT2D eigenvalue weighted by molar-refractivity contribution is 0.0876. The fourth-order valence-corrected chi connectivity index (χ4v) is 4.11. The molecule has 6 nitrogen and oxygen atoms in total. The second kappa shape index (κ2) is 10.3. The maximum absolute atomic E-state index is 12.8. The number of rotatable bonds is 7. The van der Waals surface area contributed by atoms with Crippen molar-refractivity contribution < 1.29 is 18.8 Å². The second-order valence-electron chi connectivity index (χ2n) is 9.44. The van der Waals surface area contributed by atoms with Gasteiger partial charge in [-0.3, -0.25) is 4.79 Å². The van der Waals surface area contributed by atoms with Crippen molar-refractivity contribution in [3.8, 4) is 11.5 Å². The first-order valence-electron chi connectivity index (χ1n) is 11.3. The number of aromatic nitrogens is 1. The molecule has 1 atom stereocenters. The molecule has 33 heavy (non-hydrogen) atoms. The molecule has 7 heteroatoms. The van der Waals surface area contributed by atoms with Gasteiger partial charge in [-0.05, 0) is 28.8 Å². The van der Waals surface area contributed by atoms with E-state index in [4.69, 9.17) is 14.0 Å².